The van der Waals surface area contributed by atoms with Gasteiger partial charge in [-0.2, -0.15) is 0 Å². The van der Waals surface area contributed by atoms with Gasteiger partial charge in [0.05, 0.1) is 11.0 Å². The van der Waals surface area contributed by atoms with Gasteiger partial charge in [-0.3, -0.25) is 9.36 Å². The summed E-state index contributed by atoms with van der Waals surface area (Å²) >= 11 is 0. The highest BCUT2D eigenvalue weighted by atomic mass is 16.2. The maximum Gasteiger partial charge on any atom is 0.326 e. The van der Waals surface area contributed by atoms with Gasteiger partial charge in [-0.1, -0.05) is 0 Å². The molecule has 84 valence electrons. The number of carbonyl (C=O) groups excluding carboxylic acids is 1. The van der Waals surface area contributed by atoms with E-state index in [9.17, 15) is 9.59 Å². The molecule has 0 atom stereocenters. The molecule has 1 N–H and O–H groups in total. The van der Waals surface area contributed by atoms with Crippen LogP contribution >= 0.6 is 0 Å². The van der Waals surface area contributed by atoms with Crippen molar-refractivity contribution in [2.24, 2.45) is 7.05 Å². The van der Waals surface area contributed by atoms with E-state index in [1.54, 1.807) is 39.3 Å². The summed E-state index contributed by atoms with van der Waals surface area (Å²) in [5.74, 6) is -0.0772. The number of nitrogens with one attached hydrogen (secondary N) is 1. The lowest BCUT2D eigenvalue weighted by Gasteiger charge is -2.09. The first-order chi connectivity index (χ1) is 7.50. The van der Waals surface area contributed by atoms with Crippen molar-refractivity contribution in [1.82, 2.24) is 14.5 Å². The fourth-order valence-corrected chi connectivity index (χ4v) is 1.63. The molecule has 5 heteroatoms. The fourth-order valence-electron chi connectivity index (χ4n) is 1.63. The summed E-state index contributed by atoms with van der Waals surface area (Å²) in [6.07, 6.45) is 0. The maximum absolute atomic E-state index is 11.7. The van der Waals surface area contributed by atoms with Crippen molar-refractivity contribution in [3.8, 4) is 0 Å². The number of hydrogen-bond donors (Lipinski definition) is 1. The summed E-state index contributed by atoms with van der Waals surface area (Å²) in [5, 5.41) is 0. The number of rotatable bonds is 1. The first-order valence-corrected chi connectivity index (χ1v) is 4.91. The second-order valence-electron chi connectivity index (χ2n) is 3.92. The molecule has 0 spiro atoms. The summed E-state index contributed by atoms with van der Waals surface area (Å²) in [4.78, 5) is 27.3. The van der Waals surface area contributed by atoms with E-state index in [4.69, 9.17) is 0 Å². The number of H-pyrrole nitrogens is 1. The van der Waals surface area contributed by atoms with E-state index in [-0.39, 0.29) is 11.6 Å². The number of aryl methyl sites for hydroxylation is 1. The van der Waals surface area contributed by atoms with Gasteiger partial charge in [0.15, 0.2) is 0 Å². The second kappa shape index (κ2) is 3.52. The maximum atomic E-state index is 11.7. The van der Waals surface area contributed by atoms with Gasteiger partial charge >= 0.3 is 5.69 Å². The third-order valence-corrected chi connectivity index (χ3v) is 2.56. The third kappa shape index (κ3) is 1.50. The molecule has 2 aromatic rings. The van der Waals surface area contributed by atoms with Crippen molar-refractivity contribution in [1.29, 1.82) is 0 Å². The van der Waals surface area contributed by atoms with Crippen molar-refractivity contribution < 1.29 is 4.79 Å². The normalized spacial score (nSPS) is 10.7. The molecule has 0 unspecified atom stereocenters. The minimum atomic E-state index is -0.176. The number of aromatic amines is 1. The number of hydrogen-bond acceptors (Lipinski definition) is 2. The van der Waals surface area contributed by atoms with Gasteiger partial charge in [0.2, 0.25) is 0 Å². The highest BCUT2D eigenvalue weighted by Crippen LogP contribution is 2.12. The quantitative estimate of drug-likeness (QED) is 0.762. The van der Waals surface area contributed by atoms with Crippen LogP contribution in [0.3, 0.4) is 0 Å². The Balaban J connectivity index is 2.61. The number of benzene rings is 1. The van der Waals surface area contributed by atoms with Crippen molar-refractivity contribution in [3.05, 3.63) is 34.2 Å². The van der Waals surface area contributed by atoms with Gasteiger partial charge < -0.3 is 9.88 Å². The molecule has 0 fully saturated rings. The van der Waals surface area contributed by atoms with E-state index >= 15 is 0 Å². The molecule has 16 heavy (non-hydrogen) atoms. The molecule has 0 saturated heterocycles. The Morgan fingerprint density at radius 1 is 1.38 bits per heavy atom. The molecule has 0 saturated carbocycles. The number of amides is 1. The van der Waals surface area contributed by atoms with Crippen molar-refractivity contribution >= 4 is 16.9 Å². The number of carbonyl (C=O) groups is 1. The molecule has 1 heterocycles. The summed E-state index contributed by atoms with van der Waals surface area (Å²) in [7, 11) is 5.08. The Labute approximate surface area is 92.3 Å². The molecule has 5 nitrogen and oxygen atoms in total. The largest absolute Gasteiger partial charge is 0.345 e. The molecule has 2 rings (SSSR count). The monoisotopic (exact) mass is 219 g/mol. The minimum absolute atomic E-state index is 0.0772. The molecule has 0 aliphatic carbocycles. The zero-order chi connectivity index (χ0) is 11.9. The number of fused-ring (bicyclic) bond motifs is 1. The standard InChI is InChI=1S/C11H13N3O2/c1-13(2)10(15)7-4-5-9-8(6-7)12-11(16)14(9)3/h4-6H,1-3H3,(H,12,16). The van der Waals surface area contributed by atoms with E-state index in [0.29, 0.717) is 11.1 Å². The molecule has 0 radical (unpaired) electrons. The summed E-state index contributed by atoms with van der Waals surface area (Å²) in [6.45, 7) is 0. The molecule has 1 aromatic carbocycles. The zero-order valence-electron chi connectivity index (χ0n) is 9.44. The third-order valence-electron chi connectivity index (χ3n) is 2.56. The van der Waals surface area contributed by atoms with Crippen LogP contribution in [0, 0.1) is 0 Å². The van der Waals surface area contributed by atoms with E-state index in [2.05, 4.69) is 4.98 Å². The van der Waals surface area contributed by atoms with Crippen LogP contribution in [0.1, 0.15) is 10.4 Å². The van der Waals surface area contributed by atoms with Gasteiger partial charge in [-0.15, -0.1) is 0 Å². The molecule has 1 aromatic heterocycles. The van der Waals surface area contributed by atoms with Crippen LogP contribution in [0.15, 0.2) is 23.0 Å². The van der Waals surface area contributed by atoms with Crippen molar-refractivity contribution in [2.45, 2.75) is 0 Å². The topological polar surface area (TPSA) is 58.1 Å². The van der Waals surface area contributed by atoms with E-state index < -0.39 is 0 Å². The highest BCUT2D eigenvalue weighted by Gasteiger charge is 2.10. The molecular weight excluding hydrogens is 206 g/mol. The molecule has 1 amide bonds. The van der Waals surface area contributed by atoms with E-state index in [1.807, 2.05) is 0 Å². The van der Waals surface area contributed by atoms with Crippen molar-refractivity contribution in [2.75, 3.05) is 14.1 Å². The molecule has 0 aliphatic heterocycles. The average molecular weight is 219 g/mol. The van der Waals surface area contributed by atoms with Gasteiger partial charge in [0.25, 0.3) is 5.91 Å². The number of aromatic nitrogens is 2. The van der Waals surface area contributed by atoms with Crippen LogP contribution in [0.5, 0.6) is 0 Å². The Bertz CT molecular complexity index is 607. The van der Waals surface area contributed by atoms with Crippen LogP contribution < -0.4 is 5.69 Å². The lowest BCUT2D eigenvalue weighted by atomic mass is 10.2. The van der Waals surface area contributed by atoms with Crippen LogP contribution in [-0.4, -0.2) is 34.5 Å². The minimum Gasteiger partial charge on any atom is -0.345 e. The lowest BCUT2D eigenvalue weighted by molar-refractivity contribution is 0.0828. The van der Waals surface area contributed by atoms with E-state index in [1.165, 1.54) is 9.47 Å². The predicted molar refractivity (Wildman–Crippen MR) is 61.6 cm³/mol. The van der Waals surface area contributed by atoms with Gasteiger partial charge in [-0.25, -0.2) is 4.79 Å². The predicted octanol–water partition coefficient (Wildman–Crippen LogP) is 0.568. The van der Waals surface area contributed by atoms with Gasteiger partial charge in [0.1, 0.15) is 0 Å². The number of imidazole rings is 1. The Morgan fingerprint density at radius 2 is 2.06 bits per heavy atom. The SMILES string of the molecule is CN(C)C(=O)c1ccc2c(c1)[nH]c(=O)n2C. The van der Waals surface area contributed by atoms with Crippen LogP contribution in [0.2, 0.25) is 0 Å². The second-order valence-corrected chi connectivity index (χ2v) is 3.92. The van der Waals surface area contributed by atoms with Crippen LogP contribution in [0.4, 0.5) is 0 Å². The first kappa shape index (κ1) is 10.5. The molecule has 0 bridgehead atoms. The smallest absolute Gasteiger partial charge is 0.326 e. The Kier molecular flexibility index (Phi) is 2.30. The van der Waals surface area contributed by atoms with Gasteiger partial charge in [0, 0.05) is 26.7 Å². The van der Waals surface area contributed by atoms with Crippen molar-refractivity contribution in [3.63, 3.8) is 0 Å². The Hall–Kier alpha value is -2.04. The lowest BCUT2D eigenvalue weighted by Crippen LogP contribution is -2.21. The molecule has 0 aliphatic rings. The van der Waals surface area contributed by atoms with E-state index in [0.717, 1.165) is 5.52 Å². The molecular formula is C11H13N3O2. The fraction of sp³-hybridized carbons (Fsp3) is 0.273. The number of nitrogens with zero attached hydrogens (tertiary/aromatic N) is 2. The average Bonchev–Trinajstić information content (AvgIpc) is 2.53. The zero-order valence-corrected chi connectivity index (χ0v) is 9.44. The Morgan fingerprint density at radius 3 is 2.69 bits per heavy atom. The summed E-state index contributed by atoms with van der Waals surface area (Å²) in [6, 6.07) is 5.18. The van der Waals surface area contributed by atoms with Gasteiger partial charge in [-0.05, 0) is 18.2 Å². The van der Waals surface area contributed by atoms with Crippen LogP contribution in [0.25, 0.3) is 11.0 Å². The highest BCUT2D eigenvalue weighted by molar-refractivity contribution is 5.97. The van der Waals surface area contributed by atoms with Crippen LogP contribution in [-0.2, 0) is 7.05 Å². The summed E-state index contributed by atoms with van der Waals surface area (Å²) < 4.78 is 1.51. The first-order valence-electron chi connectivity index (χ1n) is 4.91. The summed E-state index contributed by atoms with van der Waals surface area (Å²) in [5.41, 5.74) is 1.87.